The number of thiazole rings is 1. The van der Waals surface area contributed by atoms with E-state index in [1.54, 1.807) is 24.4 Å². The number of carbonyl (C=O) groups excluding carboxylic acids is 1. The quantitative estimate of drug-likeness (QED) is 0.801. The second-order valence-electron chi connectivity index (χ2n) is 3.80. The molecule has 0 unspecified atom stereocenters. The SMILES string of the molecule is Cc1cnc(NC(=O)c2ccc(N)cc2C)s1. The molecule has 0 aliphatic rings. The van der Waals surface area contributed by atoms with Gasteiger partial charge in [-0.3, -0.25) is 10.1 Å². The summed E-state index contributed by atoms with van der Waals surface area (Å²) >= 11 is 1.45. The second-order valence-corrected chi connectivity index (χ2v) is 5.04. The van der Waals surface area contributed by atoms with Gasteiger partial charge < -0.3 is 5.73 Å². The Labute approximate surface area is 103 Å². The first-order valence-electron chi connectivity index (χ1n) is 5.16. The number of nitrogen functional groups attached to an aromatic ring is 1. The van der Waals surface area contributed by atoms with Crippen LogP contribution in [0.15, 0.2) is 24.4 Å². The lowest BCUT2D eigenvalue weighted by Gasteiger charge is -2.05. The fourth-order valence-electron chi connectivity index (χ4n) is 1.52. The van der Waals surface area contributed by atoms with Gasteiger partial charge >= 0.3 is 0 Å². The van der Waals surface area contributed by atoms with E-state index in [1.165, 1.54) is 11.3 Å². The molecular formula is C12H13N3OS. The summed E-state index contributed by atoms with van der Waals surface area (Å²) in [6.07, 6.45) is 1.73. The van der Waals surface area contributed by atoms with Crippen LogP contribution in [0.2, 0.25) is 0 Å². The Bertz CT molecular complexity index is 563. The third-order valence-corrected chi connectivity index (χ3v) is 3.17. The fourth-order valence-corrected chi connectivity index (χ4v) is 2.18. The number of aryl methyl sites for hydroxylation is 2. The van der Waals surface area contributed by atoms with Crippen LogP contribution in [0.3, 0.4) is 0 Å². The highest BCUT2D eigenvalue weighted by atomic mass is 32.1. The molecule has 0 saturated heterocycles. The van der Waals surface area contributed by atoms with Crippen LogP contribution in [0.1, 0.15) is 20.8 Å². The maximum atomic E-state index is 12.0. The first-order valence-corrected chi connectivity index (χ1v) is 5.98. The molecule has 1 aromatic carbocycles. The van der Waals surface area contributed by atoms with Crippen LogP contribution in [0.5, 0.6) is 0 Å². The van der Waals surface area contributed by atoms with Gasteiger partial charge in [0.25, 0.3) is 5.91 Å². The molecule has 88 valence electrons. The fraction of sp³-hybridized carbons (Fsp3) is 0.167. The van der Waals surface area contributed by atoms with E-state index < -0.39 is 0 Å². The normalized spacial score (nSPS) is 10.2. The van der Waals surface area contributed by atoms with Gasteiger partial charge in [-0.05, 0) is 37.6 Å². The molecule has 0 spiro atoms. The minimum atomic E-state index is -0.156. The Morgan fingerprint density at radius 3 is 2.76 bits per heavy atom. The molecule has 3 N–H and O–H groups in total. The molecule has 5 heteroatoms. The van der Waals surface area contributed by atoms with Crippen molar-refractivity contribution in [3.05, 3.63) is 40.4 Å². The lowest BCUT2D eigenvalue weighted by atomic mass is 10.1. The summed E-state index contributed by atoms with van der Waals surface area (Å²) in [7, 11) is 0. The Kier molecular flexibility index (Phi) is 3.10. The van der Waals surface area contributed by atoms with E-state index in [2.05, 4.69) is 10.3 Å². The zero-order valence-corrected chi connectivity index (χ0v) is 10.5. The van der Waals surface area contributed by atoms with Crippen molar-refractivity contribution in [2.45, 2.75) is 13.8 Å². The minimum absolute atomic E-state index is 0.156. The zero-order chi connectivity index (χ0) is 12.4. The van der Waals surface area contributed by atoms with Crippen LogP contribution >= 0.6 is 11.3 Å². The number of nitrogens with one attached hydrogen (secondary N) is 1. The first-order chi connectivity index (χ1) is 8.06. The number of benzene rings is 1. The van der Waals surface area contributed by atoms with Crippen molar-refractivity contribution in [1.82, 2.24) is 4.98 Å². The monoisotopic (exact) mass is 247 g/mol. The molecule has 4 nitrogen and oxygen atoms in total. The van der Waals surface area contributed by atoms with Crippen LogP contribution in [-0.4, -0.2) is 10.9 Å². The molecule has 0 radical (unpaired) electrons. The highest BCUT2D eigenvalue weighted by molar-refractivity contribution is 7.15. The average molecular weight is 247 g/mol. The molecule has 0 aliphatic heterocycles. The number of hydrogen-bond donors (Lipinski definition) is 2. The Hall–Kier alpha value is -1.88. The Morgan fingerprint density at radius 1 is 1.41 bits per heavy atom. The number of carbonyl (C=O) groups is 1. The second kappa shape index (κ2) is 4.55. The number of nitrogens with two attached hydrogens (primary N) is 1. The predicted octanol–water partition coefficient (Wildman–Crippen LogP) is 2.59. The number of rotatable bonds is 2. The molecule has 0 atom stereocenters. The van der Waals surface area contributed by atoms with Gasteiger partial charge in [-0.1, -0.05) is 0 Å². The maximum Gasteiger partial charge on any atom is 0.257 e. The van der Waals surface area contributed by atoms with Crippen molar-refractivity contribution in [3.63, 3.8) is 0 Å². The van der Waals surface area contributed by atoms with Gasteiger partial charge in [0, 0.05) is 22.3 Å². The highest BCUT2D eigenvalue weighted by Gasteiger charge is 2.10. The van der Waals surface area contributed by atoms with E-state index >= 15 is 0 Å². The number of hydrogen-bond acceptors (Lipinski definition) is 4. The maximum absolute atomic E-state index is 12.0. The summed E-state index contributed by atoms with van der Waals surface area (Å²) in [5, 5.41) is 3.38. The summed E-state index contributed by atoms with van der Waals surface area (Å²) in [4.78, 5) is 17.1. The minimum Gasteiger partial charge on any atom is -0.399 e. The van der Waals surface area contributed by atoms with E-state index in [0.717, 1.165) is 10.4 Å². The third kappa shape index (κ3) is 2.62. The van der Waals surface area contributed by atoms with Crippen molar-refractivity contribution < 1.29 is 4.79 Å². The van der Waals surface area contributed by atoms with Crippen molar-refractivity contribution in [3.8, 4) is 0 Å². The van der Waals surface area contributed by atoms with Gasteiger partial charge in [-0.15, -0.1) is 11.3 Å². The van der Waals surface area contributed by atoms with Gasteiger partial charge in [0.1, 0.15) is 0 Å². The summed E-state index contributed by atoms with van der Waals surface area (Å²) in [6.45, 7) is 3.81. The van der Waals surface area contributed by atoms with Gasteiger partial charge in [0.2, 0.25) is 0 Å². The van der Waals surface area contributed by atoms with Gasteiger partial charge in [0.15, 0.2) is 5.13 Å². The molecule has 0 aliphatic carbocycles. The Morgan fingerprint density at radius 2 is 2.18 bits per heavy atom. The lowest BCUT2D eigenvalue weighted by molar-refractivity contribution is 0.102. The van der Waals surface area contributed by atoms with E-state index in [1.807, 2.05) is 13.8 Å². The zero-order valence-electron chi connectivity index (χ0n) is 9.65. The van der Waals surface area contributed by atoms with Gasteiger partial charge in [-0.2, -0.15) is 0 Å². The molecule has 17 heavy (non-hydrogen) atoms. The smallest absolute Gasteiger partial charge is 0.257 e. The average Bonchev–Trinajstić information content (AvgIpc) is 2.63. The molecule has 1 heterocycles. The van der Waals surface area contributed by atoms with E-state index in [0.29, 0.717) is 16.4 Å². The molecule has 0 bridgehead atoms. The van der Waals surface area contributed by atoms with Crippen LogP contribution < -0.4 is 11.1 Å². The van der Waals surface area contributed by atoms with Crippen LogP contribution in [-0.2, 0) is 0 Å². The lowest BCUT2D eigenvalue weighted by Crippen LogP contribution is -2.13. The van der Waals surface area contributed by atoms with Crippen molar-refractivity contribution in [2.75, 3.05) is 11.1 Å². The van der Waals surface area contributed by atoms with Crippen molar-refractivity contribution >= 4 is 28.1 Å². The predicted molar refractivity (Wildman–Crippen MR) is 70.4 cm³/mol. The summed E-state index contributed by atoms with van der Waals surface area (Å²) in [6, 6.07) is 5.22. The standard InChI is InChI=1S/C12H13N3OS/c1-7-5-9(13)3-4-10(7)11(16)15-12-14-6-8(2)17-12/h3-6H,13H2,1-2H3,(H,14,15,16). The third-order valence-electron chi connectivity index (χ3n) is 2.34. The molecule has 0 saturated carbocycles. The number of anilines is 2. The molecular weight excluding hydrogens is 234 g/mol. The highest BCUT2D eigenvalue weighted by Crippen LogP contribution is 2.19. The topological polar surface area (TPSA) is 68.0 Å². The molecule has 1 amide bonds. The molecule has 0 fully saturated rings. The van der Waals surface area contributed by atoms with Gasteiger partial charge in [0.05, 0.1) is 0 Å². The molecule has 1 aromatic heterocycles. The van der Waals surface area contributed by atoms with E-state index in [4.69, 9.17) is 5.73 Å². The van der Waals surface area contributed by atoms with Crippen LogP contribution in [0.25, 0.3) is 0 Å². The van der Waals surface area contributed by atoms with Gasteiger partial charge in [-0.25, -0.2) is 4.98 Å². The number of aromatic nitrogens is 1. The largest absolute Gasteiger partial charge is 0.399 e. The van der Waals surface area contributed by atoms with E-state index in [9.17, 15) is 4.79 Å². The van der Waals surface area contributed by atoms with Crippen LogP contribution in [0, 0.1) is 13.8 Å². The summed E-state index contributed by atoms with van der Waals surface area (Å²) in [5.74, 6) is -0.156. The number of amides is 1. The first kappa shape index (κ1) is 11.6. The van der Waals surface area contributed by atoms with Crippen LogP contribution in [0.4, 0.5) is 10.8 Å². The van der Waals surface area contributed by atoms with Crippen molar-refractivity contribution in [1.29, 1.82) is 0 Å². The van der Waals surface area contributed by atoms with E-state index in [-0.39, 0.29) is 5.91 Å². The summed E-state index contributed by atoms with van der Waals surface area (Å²) < 4.78 is 0. The molecule has 2 aromatic rings. The summed E-state index contributed by atoms with van der Waals surface area (Å²) in [5.41, 5.74) is 7.77. The van der Waals surface area contributed by atoms with Crippen molar-refractivity contribution in [2.24, 2.45) is 0 Å². The molecule has 2 rings (SSSR count). The Balaban J connectivity index is 2.20. The number of nitrogens with zero attached hydrogens (tertiary/aromatic N) is 1.